The highest BCUT2D eigenvalue weighted by Gasteiger charge is 2.07. The fourth-order valence-electron chi connectivity index (χ4n) is 1.59. The molecule has 1 heterocycles. The number of aromatic nitrogens is 1. The van der Waals surface area contributed by atoms with Crippen LogP contribution in [0.5, 0.6) is 5.75 Å². The van der Waals surface area contributed by atoms with Crippen LogP contribution in [-0.4, -0.2) is 25.6 Å². The second-order valence-electron chi connectivity index (χ2n) is 3.90. The van der Waals surface area contributed by atoms with Crippen LogP contribution in [0.3, 0.4) is 0 Å². The number of hydrogen-bond acceptors (Lipinski definition) is 4. The summed E-state index contributed by atoms with van der Waals surface area (Å²) in [6, 6.07) is 6.62. The van der Waals surface area contributed by atoms with Crippen molar-refractivity contribution >= 4 is 32.7 Å². The average Bonchev–Trinajstić information content (AvgIpc) is 2.54. The molecule has 0 atom stereocenters. The number of ether oxygens (including phenoxy) is 1. The van der Waals surface area contributed by atoms with Crippen molar-refractivity contribution in [1.82, 2.24) is 4.98 Å². The van der Waals surface area contributed by atoms with Crippen LogP contribution < -0.4 is 9.46 Å². The normalized spacial score (nSPS) is 11.4. The zero-order valence-electron chi connectivity index (χ0n) is 9.85. The number of nitrogens with one attached hydrogen (secondary N) is 2. The number of hydrogen-bond donors (Lipinski definition) is 2. The zero-order chi connectivity index (χ0) is 13.3. The summed E-state index contributed by atoms with van der Waals surface area (Å²) < 4.78 is 29.5. The predicted octanol–water partition coefficient (Wildman–Crippen LogP) is 1.46. The van der Waals surface area contributed by atoms with Gasteiger partial charge in [0.15, 0.2) is 0 Å². The first kappa shape index (κ1) is 12.4. The fourth-order valence-corrected chi connectivity index (χ4v) is 2.10. The summed E-state index contributed by atoms with van der Waals surface area (Å²) in [5.74, 6) is 0.381. The molecule has 0 unspecified atom stereocenters. The Morgan fingerprint density at radius 3 is 2.67 bits per heavy atom. The van der Waals surface area contributed by atoms with Gasteiger partial charge in [0.25, 0.3) is 0 Å². The van der Waals surface area contributed by atoms with E-state index in [1.165, 1.54) is 6.92 Å². The molecule has 0 aliphatic carbocycles. The van der Waals surface area contributed by atoms with Crippen LogP contribution in [0.1, 0.15) is 6.92 Å². The first-order valence-electron chi connectivity index (χ1n) is 5.12. The number of aromatic amines is 1. The Labute approximate surface area is 104 Å². The van der Waals surface area contributed by atoms with Gasteiger partial charge in [-0.1, -0.05) is 0 Å². The number of rotatable bonds is 3. The van der Waals surface area contributed by atoms with Gasteiger partial charge < -0.3 is 9.72 Å². The molecule has 18 heavy (non-hydrogen) atoms. The maximum absolute atomic E-state index is 11.1. The number of esters is 1. The van der Waals surface area contributed by atoms with Crippen LogP contribution >= 0.6 is 0 Å². The number of H-pyrrole nitrogens is 1. The number of carbonyl (C=O) groups excluding carboxylic acids is 1. The van der Waals surface area contributed by atoms with Crippen molar-refractivity contribution < 1.29 is 17.9 Å². The van der Waals surface area contributed by atoms with Crippen molar-refractivity contribution in [2.45, 2.75) is 6.92 Å². The molecule has 2 rings (SSSR count). The summed E-state index contributed by atoms with van der Waals surface area (Å²) in [6.45, 7) is 1.32. The molecule has 0 saturated carbocycles. The van der Waals surface area contributed by atoms with Gasteiger partial charge in [0.2, 0.25) is 10.0 Å². The molecule has 0 bridgehead atoms. The highest BCUT2D eigenvalue weighted by atomic mass is 32.2. The molecule has 0 radical (unpaired) electrons. The van der Waals surface area contributed by atoms with E-state index in [1.54, 1.807) is 24.3 Å². The summed E-state index contributed by atoms with van der Waals surface area (Å²) >= 11 is 0. The maximum atomic E-state index is 11.1. The van der Waals surface area contributed by atoms with Gasteiger partial charge in [-0.05, 0) is 24.3 Å². The molecule has 2 aromatic rings. The standard InChI is InChI=1S/C11H12N2O4S/c1-7(14)17-9-3-4-10-8(5-9)6-11(12-10)13-18(2,15)16/h3-6,12-13H,1-2H3. The third-order valence-corrected chi connectivity index (χ3v) is 2.74. The Balaban J connectivity index is 2.36. The molecular weight excluding hydrogens is 256 g/mol. The van der Waals surface area contributed by atoms with Gasteiger partial charge in [0.1, 0.15) is 11.6 Å². The number of anilines is 1. The zero-order valence-corrected chi connectivity index (χ0v) is 10.7. The van der Waals surface area contributed by atoms with E-state index in [0.29, 0.717) is 11.6 Å². The largest absolute Gasteiger partial charge is 0.427 e. The SMILES string of the molecule is CC(=O)Oc1ccc2[nH]c(NS(C)(=O)=O)cc2c1. The van der Waals surface area contributed by atoms with E-state index in [-0.39, 0.29) is 0 Å². The second kappa shape index (κ2) is 4.34. The van der Waals surface area contributed by atoms with Crippen molar-refractivity contribution in [3.8, 4) is 5.75 Å². The Bertz CT molecular complexity index is 703. The van der Waals surface area contributed by atoms with Crippen LogP contribution in [0.25, 0.3) is 10.9 Å². The summed E-state index contributed by atoms with van der Waals surface area (Å²) in [6.07, 6.45) is 1.07. The lowest BCUT2D eigenvalue weighted by Gasteiger charge is -1.99. The van der Waals surface area contributed by atoms with Crippen LogP contribution in [0, 0.1) is 0 Å². The molecule has 1 aromatic carbocycles. The van der Waals surface area contributed by atoms with Crippen LogP contribution in [0.2, 0.25) is 0 Å². The molecule has 0 spiro atoms. The van der Waals surface area contributed by atoms with Crippen molar-refractivity contribution in [3.63, 3.8) is 0 Å². The lowest BCUT2D eigenvalue weighted by atomic mass is 10.2. The lowest BCUT2D eigenvalue weighted by Crippen LogP contribution is -2.09. The number of sulfonamides is 1. The predicted molar refractivity (Wildman–Crippen MR) is 68.1 cm³/mol. The minimum Gasteiger partial charge on any atom is -0.427 e. The van der Waals surface area contributed by atoms with E-state index in [0.717, 1.165) is 17.2 Å². The van der Waals surface area contributed by atoms with Gasteiger partial charge in [0, 0.05) is 17.8 Å². The topological polar surface area (TPSA) is 88.3 Å². The summed E-state index contributed by atoms with van der Waals surface area (Å²) in [7, 11) is -3.32. The van der Waals surface area contributed by atoms with Crippen LogP contribution in [0.4, 0.5) is 5.82 Å². The first-order valence-corrected chi connectivity index (χ1v) is 7.01. The molecule has 6 nitrogen and oxygen atoms in total. The molecule has 0 aliphatic heterocycles. The molecule has 2 N–H and O–H groups in total. The molecular formula is C11H12N2O4S. The van der Waals surface area contributed by atoms with E-state index in [1.807, 2.05) is 0 Å². The van der Waals surface area contributed by atoms with Gasteiger partial charge in [-0.25, -0.2) is 8.42 Å². The second-order valence-corrected chi connectivity index (χ2v) is 5.65. The monoisotopic (exact) mass is 268 g/mol. The van der Waals surface area contributed by atoms with Crippen molar-refractivity contribution in [2.24, 2.45) is 0 Å². The minimum absolute atomic E-state index is 0.368. The van der Waals surface area contributed by atoms with E-state index in [2.05, 4.69) is 9.71 Å². The van der Waals surface area contributed by atoms with Crippen molar-refractivity contribution in [3.05, 3.63) is 24.3 Å². The van der Waals surface area contributed by atoms with E-state index < -0.39 is 16.0 Å². The van der Waals surface area contributed by atoms with Crippen LogP contribution in [-0.2, 0) is 14.8 Å². The Hall–Kier alpha value is -2.02. The molecule has 1 aromatic heterocycles. The molecule has 7 heteroatoms. The molecule has 0 saturated heterocycles. The summed E-state index contributed by atoms with van der Waals surface area (Å²) in [5.41, 5.74) is 0.747. The summed E-state index contributed by atoms with van der Waals surface area (Å²) in [5, 5.41) is 0.750. The Kier molecular flexibility index (Phi) is 3.00. The van der Waals surface area contributed by atoms with Gasteiger partial charge in [-0.3, -0.25) is 9.52 Å². The van der Waals surface area contributed by atoms with Crippen molar-refractivity contribution in [2.75, 3.05) is 11.0 Å². The average molecular weight is 268 g/mol. The highest BCUT2D eigenvalue weighted by molar-refractivity contribution is 7.92. The number of carbonyl (C=O) groups is 1. The number of benzene rings is 1. The lowest BCUT2D eigenvalue weighted by molar-refractivity contribution is -0.131. The van der Waals surface area contributed by atoms with Crippen LogP contribution in [0.15, 0.2) is 24.3 Å². The summed E-state index contributed by atoms with van der Waals surface area (Å²) in [4.78, 5) is 13.7. The van der Waals surface area contributed by atoms with Crippen molar-refractivity contribution in [1.29, 1.82) is 0 Å². The minimum atomic E-state index is -3.32. The molecule has 0 aliphatic rings. The first-order chi connectivity index (χ1) is 8.33. The fraction of sp³-hybridized carbons (Fsp3) is 0.182. The Morgan fingerprint density at radius 1 is 1.33 bits per heavy atom. The highest BCUT2D eigenvalue weighted by Crippen LogP contribution is 2.24. The van der Waals surface area contributed by atoms with E-state index >= 15 is 0 Å². The molecule has 0 amide bonds. The number of fused-ring (bicyclic) bond motifs is 1. The van der Waals surface area contributed by atoms with Gasteiger partial charge >= 0.3 is 5.97 Å². The van der Waals surface area contributed by atoms with E-state index in [9.17, 15) is 13.2 Å². The maximum Gasteiger partial charge on any atom is 0.308 e. The Morgan fingerprint density at radius 2 is 2.06 bits per heavy atom. The van der Waals surface area contributed by atoms with Gasteiger partial charge in [0.05, 0.1) is 6.26 Å². The molecule has 96 valence electrons. The van der Waals surface area contributed by atoms with Gasteiger partial charge in [-0.2, -0.15) is 0 Å². The molecule has 0 fully saturated rings. The quantitative estimate of drug-likeness (QED) is 0.651. The third kappa shape index (κ3) is 3.01. The van der Waals surface area contributed by atoms with E-state index in [4.69, 9.17) is 4.74 Å². The van der Waals surface area contributed by atoms with Gasteiger partial charge in [-0.15, -0.1) is 0 Å². The third-order valence-electron chi connectivity index (χ3n) is 2.15. The smallest absolute Gasteiger partial charge is 0.308 e.